The molecular formula is C23H19BrN2O4. The van der Waals surface area contributed by atoms with E-state index < -0.39 is 11.9 Å². The Labute approximate surface area is 182 Å². The van der Waals surface area contributed by atoms with Crippen molar-refractivity contribution in [3.8, 4) is 11.5 Å². The molecule has 0 saturated heterocycles. The van der Waals surface area contributed by atoms with E-state index in [9.17, 15) is 9.59 Å². The number of esters is 1. The second kappa shape index (κ2) is 10.4. The Morgan fingerprint density at radius 1 is 1.00 bits per heavy atom. The summed E-state index contributed by atoms with van der Waals surface area (Å²) in [5.41, 5.74) is 4.30. The number of halogens is 1. The minimum Gasteiger partial charge on any atom is -0.483 e. The van der Waals surface area contributed by atoms with E-state index >= 15 is 0 Å². The zero-order valence-electron chi connectivity index (χ0n) is 16.2. The van der Waals surface area contributed by atoms with Crippen molar-refractivity contribution < 1.29 is 19.1 Å². The lowest BCUT2D eigenvalue weighted by Crippen LogP contribution is -2.24. The van der Waals surface area contributed by atoms with Crippen LogP contribution in [-0.2, 0) is 4.79 Å². The normalized spacial score (nSPS) is 10.6. The van der Waals surface area contributed by atoms with Crippen LogP contribution in [0.4, 0.5) is 0 Å². The maximum absolute atomic E-state index is 12.3. The molecule has 0 radical (unpaired) electrons. The second-order valence-corrected chi connectivity index (χ2v) is 7.20. The molecule has 1 N–H and O–H groups in total. The maximum Gasteiger partial charge on any atom is 0.343 e. The number of nitrogens with zero attached hydrogens (tertiary/aromatic N) is 1. The third-order valence-corrected chi connectivity index (χ3v) is 4.52. The molecule has 0 aliphatic rings. The SMILES string of the molecule is Cc1ccccc1OCC(=O)N/N=C\c1cc(Br)ccc1OC(=O)c1ccccc1. The highest BCUT2D eigenvalue weighted by atomic mass is 79.9. The summed E-state index contributed by atoms with van der Waals surface area (Å²) in [6.07, 6.45) is 1.41. The number of hydrazone groups is 1. The van der Waals surface area contributed by atoms with Gasteiger partial charge in [0.25, 0.3) is 5.91 Å². The van der Waals surface area contributed by atoms with Gasteiger partial charge in [0.15, 0.2) is 6.61 Å². The summed E-state index contributed by atoms with van der Waals surface area (Å²) in [5, 5.41) is 3.94. The van der Waals surface area contributed by atoms with Crippen molar-refractivity contribution in [1.29, 1.82) is 0 Å². The van der Waals surface area contributed by atoms with Crippen molar-refractivity contribution in [2.24, 2.45) is 5.10 Å². The van der Waals surface area contributed by atoms with Gasteiger partial charge in [-0.3, -0.25) is 4.79 Å². The predicted molar refractivity (Wildman–Crippen MR) is 118 cm³/mol. The maximum atomic E-state index is 12.3. The van der Waals surface area contributed by atoms with E-state index in [4.69, 9.17) is 9.47 Å². The van der Waals surface area contributed by atoms with E-state index in [1.165, 1.54) is 6.21 Å². The van der Waals surface area contributed by atoms with Gasteiger partial charge in [-0.2, -0.15) is 5.10 Å². The van der Waals surface area contributed by atoms with Crippen LogP contribution < -0.4 is 14.9 Å². The Morgan fingerprint density at radius 2 is 1.73 bits per heavy atom. The highest BCUT2D eigenvalue weighted by Crippen LogP contribution is 2.23. The molecule has 0 bridgehead atoms. The molecule has 30 heavy (non-hydrogen) atoms. The Hall–Kier alpha value is -3.45. The molecule has 0 aliphatic heterocycles. The van der Waals surface area contributed by atoms with Crippen molar-refractivity contribution in [1.82, 2.24) is 5.43 Å². The summed E-state index contributed by atoms with van der Waals surface area (Å²) < 4.78 is 11.7. The number of nitrogens with one attached hydrogen (secondary N) is 1. The van der Waals surface area contributed by atoms with Crippen LogP contribution in [0.1, 0.15) is 21.5 Å². The highest BCUT2D eigenvalue weighted by Gasteiger charge is 2.11. The van der Waals surface area contributed by atoms with Crippen molar-refractivity contribution in [2.45, 2.75) is 6.92 Å². The lowest BCUT2D eigenvalue weighted by atomic mass is 10.2. The molecule has 3 aromatic rings. The van der Waals surface area contributed by atoms with Crippen LogP contribution in [0.3, 0.4) is 0 Å². The fraction of sp³-hybridized carbons (Fsp3) is 0.0870. The molecule has 3 rings (SSSR count). The largest absolute Gasteiger partial charge is 0.483 e. The van der Waals surface area contributed by atoms with Crippen molar-refractivity contribution >= 4 is 34.0 Å². The zero-order valence-corrected chi connectivity index (χ0v) is 17.8. The summed E-state index contributed by atoms with van der Waals surface area (Å²) in [6.45, 7) is 1.73. The number of ether oxygens (including phenoxy) is 2. The number of amides is 1. The van der Waals surface area contributed by atoms with E-state index in [0.29, 0.717) is 22.6 Å². The third-order valence-electron chi connectivity index (χ3n) is 4.03. The standard InChI is InChI=1S/C23H19BrN2O4/c1-16-7-5-6-10-20(16)29-15-22(27)26-25-14-18-13-19(24)11-12-21(18)30-23(28)17-8-3-2-4-9-17/h2-14H,15H2,1H3,(H,26,27)/b25-14-. The van der Waals surface area contributed by atoms with Crippen LogP contribution >= 0.6 is 15.9 Å². The van der Waals surface area contributed by atoms with Gasteiger partial charge in [0, 0.05) is 10.0 Å². The second-order valence-electron chi connectivity index (χ2n) is 6.29. The van der Waals surface area contributed by atoms with Gasteiger partial charge in [-0.25, -0.2) is 10.2 Å². The van der Waals surface area contributed by atoms with Gasteiger partial charge in [0.05, 0.1) is 11.8 Å². The molecule has 0 atom stereocenters. The fourth-order valence-electron chi connectivity index (χ4n) is 2.51. The van der Waals surface area contributed by atoms with Crippen LogP contribution in [0.5, 0.6) is 11.5 Å². The summed E-state index contributed by atoms with van der Waals surface area (Å²) >= 11 is 3.38. The van der Waals surface area contributed by atoms with Crippen LogP contribution in [0.2, 0.25) is 0 Å². The van der Waals surface area contributed by atoms with Gasteiger partial charge in [-0.05, 0) is 48.9 Å². The molecule has 0 heterocycles. The van der Waals surface area contributed by atoms with Crippen molar-refractivity contribution in [2.75, 3.05) is 6.61 Å². The molecule has 1 amide bonds. The molecule has 152 valence electrons. The predicted octanol–water partition coefficient (Wildman–Crippen LogP) is 4.51. The summed E-state index contributed by atoms with van der Waals surface area (Å²) in [6, 6.07) is 21.2. The molecule has 0 unspecified atom stereocenters. The number of carbonyl (C=O) groups is 2. The van der Waals surface area contributed by atoms with E-state index in [1.807, 2.05) is 31.2 Å². The first-order chi connectivity index (χ1) is 14.5. The van der Waals surface area contributed by atoms with Gasteiger partial charge in [-0.1, -0.05) is 52.3 Å². The van der Waals surface area contributed by atoms with Crippen LogP contribution in [0.25, 0.3) is 0 Å². The van der Waals surface area contributed by atoms with E-state index in [-0.39, 0.29) is 6.61 Å². The topological polar surface area (TPSA) is 77.0 Å². The number of hydrogen-bond acceptors (Lipinski definition) is 5. The number of rotatable bonds is 7. The quantitative estimate of drug-likeness (QED) is 0.240. The molecule has 0 aromatic heterocycles. The summed E-state index contributed by atoms with van der Waals surface area (Å²) in [7, 11) is 0. The fourth-order valence-corrected chi connectivity index (χ4v) is 2.89. The number of aryl methyl sites for hydroxylation is 1. The minimum atomic E-state index is -0.483. The van der Waals surface area contributed by atoms with Crippen molar-refractivity contribution in [3.05, 3.63) is 94.0 Å². The van der Waals surface area contributed by atoms with Crippen LogP contribution in [0.15, 0.2) is 82.4 Å². The number of carbonyl (C=O) groups excluding carboxylic acids is 2. The Morgan fingerprint density at radius 3 is 2.50 bits per heavy atom. The minimum absolute atomic E-state index is 0.170. The van der Waals surface area contributed by atoms with Crippen molar-refractivity contribution in [3.63, 3.8) is 0 Å². The van der Waals surface area contributed by atoms with Gasteiger partial charge in [0.2, 0.25) is 0 Å². The van der Waals surface area contributed by atoms with Crippen LogP contribution in [0, 0.1) is 6.92 Å². The van der Waals surface area contributed by atoms with E-state index in [1.54, 1.807) is 48.5 Å². The first-order valence-corrected chi connectivity index (χ1v) is 9.89. The van der Waals surface area contributed by atoms with Gasteiger partial charge in [-0.15, -0.1) is 0 Å². The average molecular weight is 467 g/mol. The molecule has 0 saturated carbocycles. The average Bonchev–Trinajstić information content (AvgIpc) is 2.75. The van der Waals surface area contributed by atoms with E-state index in [2.05, 4.69) is 26.5 Å². The molecule has 6 nitrogen and oxygen atoms in total. The number of para-hydroxylation sites is 1. The Kier molecular flexibility index (Phi) is 7.34. The highest BCUT2D eigenvalue weighted by molar-refractivity contribution is 9.10. The molecule has 3 aromatic carbocycles. The molecule has 7 heteroatoms. The first-order valence-electron chi connectivity index (χ1n) is 9.10. The molecule has 0 spiro atoms. The molecule has 0 aliphatic carbocycles. The summed E-state index contributed by atoms with van der Waals surface area (Å²) in [4.78, 5) is 24.3. The smallest absolute Gasteiger partial charge is 0.343 e. The lowest BCUT2D eigenvalue weighted by Gasteiger charge is -2.09. The van der Waals surface area contributed by atoms with E-state index in [0.717, 1.165) is 10.0 Å². The monoisotopic (exact) mass is 466 g/mol. The zero-order chi connectivity index (χ0) is 21.3. The first kappa shape index (κ1) is 21.3. The number of hydrogen-bond donors (Lipinski definition) is 1. The number of benzene rings is 3. The van der Waals surface area contributed by atoms with Gasteiger partial charge < -0.3 is 9.47 Å². The van der Waals surface area contributed by atoms with Gasteiger partial charge >= 0.3 is 5.97 Å². The van der Waals surface area contributed by atoms with Gasteiger partial charge in [0.1, 0.15) is 11.5 Å². The molecule has 0 fully saturated rings. The Bertz CT molecular complexity index is 1070. The third kappa shape index (κ3) is 6.02. The summed E-state index contributed by atoms with van der Waals surface area (Å²) in [5.74, 6) is 0.0653. The Balaban J connectivity index is 1.62. The molecular weight excluding hydrogens is 448 g/mol. The van der Waals surface area contributed by atoms with Crippen LogP contribution in [-0.4, -0.2) is 24.7 Å². The lowest BCUT2D eigenvalue weighted by molar-refractivity contribution is -0.123.